The lowest BCUT2D eigenvalue weighted by atomic mass is 10.3. The highest BCUT2D eigenvalue weighted by Gasteiger charge is 2.15. The number of rotatable bonds is 6. The van der Waals surface area contributed by atoms with Gasteiger partial charge in [0.15, 0.2) is 0 Å². The molecule has 19 heavy (non-hydrogen) atoms. The molecule has 0 fully saturated rings. The zero-order chi connectivity index (χ0) is 14.4. The first-order valence-electron chi connectivity index (χ1n) is 5.99. The molecule has 1 aromatic heterocycles. The first-order chi connectivity index (χ1) is 8.90. The number of urea groups is 1. The highest BCUT2D eigenvalue weighted by atomic mass is 32.1. The fourth-order valence-corrected chi connectivity index (χ4v) is 2.25. The number of hydrogen-bond donors (Lipinski definition) is 1. The van der Waals surface area contributed by atoms with Crippen molar-refractivity contribution in [3.05, 3.63) is 16.1 Å². The molecule has 0 aliphatic carbocycles. The predicted molar refractivity (Wildman–Crippen MR) is 73.2 cm³/mol. The minimum atomic E-state index is -0.841. The Labute approximate surface area is 116 Å². The van der Waals surface area contributed by atoms with Crippen molar-refractivity contribution >= 4 is 23.3 Å². The van der Waals surface area contributed by atoms with Crippen LogP contribution in [-0.4, -0.2) is 52.5 Å². The van der Waals surface area contributed by atoms with E-state index >= 15 is 0 Å². The van der Waals surface area contributed by atoms with Crippen molar-refractivity contribution in [2.24, 2.45) is 0 Å². The van der Waals surface area contributed by atoms with Crippen molar-refractivity contribution in [2.45, 2.75) is 26.3 Å². The van der Waals surface area contributed by atoms with Crippen molar-refractivity contribution in [3.8, 4) is 0 Å². The molecule has 2 amide bonds. The minimum absolute atomic E-state index is 0.0760. The summed E-state index contributed by atoms with van der Waals surface area (Å²) in [5.74, 6) is -0.841. The molecule has 6 nitrogen and oxygen atoms in total. The largest absolute Gasteiger partial charge is 0.481 e. The molecule has 1 rings (SSSR count). The second-order valence-corrected chi connectivity index (χ2v) is 5.48. The fraction of sp³-hybridized carbons (Fsp3) is 0.583. The number of aliphatic carboxylic acids is 1. The third-order valence-corrected chi connectivity index (χ3v) is 3.43. The van der Waals surface area contributed by atoms with Crippen molar-refractivity contribution in [3.63, 3.8) is 0 Å². The third kappa shape index (κ3) is 5.25. The smallest absolute Gasteiger partial charge is 0.319 e. The Morgan fingerprint density at radius 3 is 2.58 bits per heavy atom. The maximum absolute atomic E-state index is 12.0. The molecule has 0 saturated heterocycles. The number of thiazole rings is 1. The molecule has 0 radical (unpaired) electrons. The summed E-state index contributed by atoms with van der Waals surface area (Å²) in [6.07, 6.45) is 0.536. The topological polar surface area (TPSA) is 73.7 Å². The zero-order valence-corrected chi connectivity index (χ0v) is 12.2. The lowest BCUT2D eigenvalue weighted by Crippen LogP contribution is -2.39. The van der Waals surface area contributed by atoms with Gasteiger partial charge in [0.25, 0.3) is 0 Å². The second-order valence-electron chi connectivity index (χ2n) is 4.42. The van der Waals surface area contributed by atoms with E-state index in [1.807, 2.05) is 12.3 Å². The van der Waals surface area contributed by atoms with E-state index in [2.05, 4.69) is 4.98 Å². The Morgan fingerprint density at radius 2 is 2.05 bits per heavy atom. The van der Waals surface area contributed by atoms with Gasteiger partial charge in [-0.3, -0.25) is 4.79 Å². The number of carboxylic acids is 1. The predicted octanol–water partition coefficient (Wildman–Crippen LogP) is 1.80. The summed E-state index contributed by atoms with van der Waals surface area (Å²) in [7, 11) is 3.39. The maximum atomic E-state index is 12.0. The quantitative estimate of drug-likeness (QED) is 0.865. The SMILES string of the molecule is Cc1nc(CN(C)C(=O)N(C)CCCC(=O)O)cs1. The molecular formula is C12H19N3O3S. The average molecular weight is 285 g/mol. The van der Waals surface area contributed by atoms with E-state index in [1.54, 1.807) is 30.3 Å². The van der Waals surface area contributed by atoms with E-state index in [9.17, 15) is 9.59 Å². The number of nitrogens with zero attached hydrogens (tertiary/aromatic N) is 3. The van der Waals surface area contributed by atoms with Gasteiger partial charge < -0.3 is 14.9 Å². The van der Waals surface area contributed by atoms with Crippen LogP contribution in [0.5, 0.6) is 0 Å². The van der Waals surface area contributed by atoms with E-state index < -0.39 is 5.97 Å². The van der Waals surface area contributed by atoms with Gasteiger partial charge in [-0.2, -0.15) is 0 Å². The lowest BCUT2D eigenvalue weighted by molar-refractivity contribution is -0.137. The van der Waals surface area contributed by atoms with Gasteiger partial charge in [0.1, 0.15) is 0 Å². The maximum Gasteiger partial charge on any atom is 0.319 e. The van der Waals surface area contributed by atoms with Gasteiger partial charge in [-0.25, -0.2) is 9.78 Å². The van der Waals surface area contributed by atoms with Gasteiger partial charge in [-0.15, -0.1) is 11.3 Å². The number of aryl methyl sites for hydroxylation is 1. The molecule has 0 unspecified atom stereocenters. The Balaban J connectivity index is 2.40. The summed E-state index contributed by atoms with van der Waals surface area (Å²) in [5, 5.41) is 11.5. The van der Waals surface area contributed by atoms with Crippen LogP contribution in [0.25, 0.3) is 0 Å². The molecule has 0 aliphatic rings. The van der Waals surface area contributed by atoms with Crippen LogP contribution in [0.15, 0.2) is 5.38 Å². The fourth-order valence-electron chi connectivity index (χ4n) is 1.65. The van der Waals surface area contributed by atoms with E-state index in [0.29, 0.717) is 19.5 Å². The van der Waals surface area contributed by atoms with Gasteiger partial charge in [-0.1, -0.05) is 0 Å². The van der Waals surface area contributed by atoms with E-state index in [-0.39, 0.29) is 12.5 Å². The van der Waals surface area contributed by atoms with Crippen molar-refractivity contribution < 1.29 is 14.7 Å². The summed E-state index contributed by atoms with van der Waals surface area (Å²) in [4.78, 5) is 29.8. The molecule has 1 heterocycles. The Hall–Kier alpha value is -1.63. The first kappa shape index (κ1) is 15.4. The van der Waals surface area contributed by atoms with Crippen molar-refractivity contribution in [1.82, 2.24) is 14.8 Å². The average Bonchev–Trinajstić information content (AvgIpc) is 2.73. The number of hydrogen-bond acceptors (Lipinski definition) is 4. The van der Waals surface area contributed by atoms with Crippen LogP contribution in [0.3, 0.4) is 0 Å². The van der Waals surface area contributed by atoms with Gasteiger partial charge in [0.05, 0.1) is 17.2 Å². The van der Waals surface area contributed by atoms with Crippen LogP contribution in [-0.2, 0) is 11.3 Å². The van der Waals surface area contributed by atoms with Gasteiger partial charge in [0, 0.05) is 32.4 Å². The lowest BCUT2D eigenvalue weighted by Gasteiger charge is -2.24. The standard InChI is InChI=1S/C12H19N3O3S/c1-9-13-10(8-19-9)7-15(3)12(18)14(2)6-4-5-11(16)17/h8H,4-7H2,1-3H3,(H,16,17). The Kier molecular flexibility index (Phi) is 5.75. The molecule has 0 aliphatic heterocycles. The summed E-state index contributed by atoms with van der Waals surface area (Å²) in [6.45, 7) is 2.83. The molecule has 106 valence electrons. The monoisotopic (exact) mass is 285 g/mol. The van der Waals surface area contributed by atoms with Crippen LogP contribution in [0.2, 0.25) is 0 Å². The summed E-state index contributed by atoms with van der Waals surface area (Å²) in [6, 6.07) is -0.129. The molecule has 1 N–H and O–H groups in total. The number of amides is 2. The third-order valence-electron chi connectivity index (χ3n) is 2.60. The molecule has 1 aromatic rings. The van der Waals surface area contributed by atoms with Crippen LogP contribution >= 0.6 is 11.3 Å². The summed E-state index contributed by atoms with van der Waals surface area (Å²) >= 11 is 1.56. The molecule has 0 bridgehead atoms. The second kappa shape index (κ2) is 7.08. The van der Waals surface area contributed by atoms with E-state index in [0.717, 1.165) is 10.7 Å². The Morgan fingerprint density at radius 1 is 1.37 bits per heavy atom. The van der Waals surface area contributed by atoms with Crippen LogP contribution in [0, 0.1) is 6.92 Å². The highest BCUT2D eigenvalue weighted by molar-refractivity contribution is 7.09. The van der Waals surface area contributed by atoms with Crippen molar-refractivity contribution in [2.75, 3.05) is 20.6 Å². The molecular weight excluding hydrogens is 266 g/mol. The minimum Gasteiger partial charge on any atom is -0.481 e. The molecule has 0 saturated carbocycles. The van der Waals surface area contributed by atoms with Crippen LogP contribution in [0.1, 0.15) is 23.5 Å². The van der Waals surface area contributed by atoms with Crippen LogP contribution < -0.4 is 0 Å². The number of aromatic nitrogens is 1. The van der Waals surface area contributed by atoms with Gasteiger partial charge in [-0.05, 0) is 13.3 Å². The van der Waals surface area contributed by atoms with Gasteiger partial charge in [0.2, 0.25) is 0 Å². The summed E-state index contributed by atoms with van der Waals surface area (Å²) in [5.41, 5.74) is 0.872. The van der Waals surface area contributed by atoms with Gasteiger partial charge >= 0.3 is 12.0 Å². The van der Waals surface area contributed by atoms with E-state index in [4.69, 9.17) is 5.11 Å². The highest BCUT2D eigenvalue weighted by Crippen LogP contribution is 2.10. The number of carbonyl (C=O) groups excluding carboxylic acids is 1. The number of carboxylic acid groups (broad SMARTS) is 1. The molecule has 7 heteroatoms. The van der Waals surface area contributed by atoms with E-state index in [1.165, 1.54) is 4.90 Å². The van der Waals surface area contributed by atoms with Crippen molar-refractivity contribution in [1.29, 1.82) is 0 Å². The Bertz CT molecular complexity index is 447. The number of carbonyl (C=O) groups is 2. The van der Waals surface area contributed by atoms with Crippen LogP contribution in [0.4, 0.5) is 4.79 Å². The molecule has 0 aromatic carbocycles. The molecule has 0 atom stereocenters. The first-order valence-corrected chi connectivity index (χ1v) is 6.87. The normalized spacial score (nSPS) is 10.3. The molecule has 0 spiro atoms. The summed E-state index contributed by atoms with van der Waals surface area (Å²) < 4.78 is 0. The zero-order valence-electron chi connectivity index (χ0n) is 11.4.